The fraction of sp³-hybridized carbons (Fsp3) is 1.00. The number of aliphatic hydroxyl groups excluding tert-OH is 10. The summed E-state index contributed by atoms with van der Waals surface area (Å²) in [5.74, 6) is 0. The Bertz CT molecular complexity index is 733. The minimum Gasteiger partial charge on any atom is -0.394 e. The van der Waals surface area contributed by atoms with Gasteiger partial charge in [0.2, 0.25) is 0 Å². The smallest absolute Gasteiger partial charge is 0.187 e. The second-order valence-corrected chi connectivity index (χ2v) is 10.5. The molecule has 10 N–H and O–H groups in total. The number of hydrogen-bond donors (Lipinski definition) is 10. The molecule has 3 heterocycles. The molecule has 16 heteroatoms. The molecule has 0 aromatic carbocycles. The summed E-state index contributed by atoms with van der Waals surface area (Å²) in [4.78, 5) is 0. The Balaban J connectivity index is 1.77. The van der Waals surface area contributed by atoms with Crippen LogP contribution in [0.5, 0.6) is 0 Å². The van der Waals surface area contributed by atoms with Gasteiger partial charge in [-0.2, -0.15) is 0 Å². The van der Waals surface area contributed by atoms with E-state index in [1.54, 1.807) is 20.8 Å². The average Bonchev–Trinajstić information content (AvgIpc) is 2.86. The predicted octanol–water partition coefficient (Wildman–Crippen LogP) is -5.75. The molecule has 3 rings (SSSR count). The van der Waals surface area contributed by atoms with E-state index >= 15 is 0 Å². The lowest BCUT2D eigenvalue weighted by Crippen LogP contribution is -2.67. The van der Waals surface area contributed by atoms with Crippen LogP contribution in [0.1, 0.15) is 20.8 Å². The Hall–Kier alpha value is -0.640. The topological polar surface area (TPSA) is 258 Å². The standard InChI is InChI=1S/C22H40O16/c1-22(2,3)38-21-15(31)13(29)17(9(6-25)35-21)36-20-16(32)18(11(27)8(5-24)34-20)37-19-14(30)12(28)10(26)7(4-23)33-19/h7-21,23-32H,4-6H2,1-3H3/t7?,8?,9?,10-,11-,12-,13+,14?,15?,16?,17+,18-,19+,20-,21-/m0/s1. The van der Waals surface area contributed by atoms with E-state index in [2.05, 4.69) is 0 Å². The maximum absolute atomic E-state index is 10.9. The molecule has 3 fully saturated rings. The van der Waals surface area contributed by atoms with Gasteiger partial charge in [-0.15, -0.1) is 0 Å². The Morgan fingerprint density at radius 2 is 0.947 bits per heavy atom. The second-order valence-electron chi connectivity index (χ2n) is 10.5. The summed E-state index contributed by atoms with van der Waals surface area (Å²) in [6.07, 6.45) is -24.3. The van der Waals surface area contributed by atoms with Crippen molar-refractivity contribution in [3.05, 3.63) is 0 Å². The molecule has 0 aromatic rings. The van der Waals surface area contributed by atoms with Crippen LogP contribution in [0.25, 0.3) is 0 Å². The third-order valence-electron chi connectivity index (χ3n) is 6.54. The van der Waals surface area contributed by atoms with Crippen molar-refractivity contribution >= 4 is 0 Å². The van der Waals surface area contributed by atoms with Crippen LogP contribution in [-0.2, 0) is 28.4 Å². The maximum atomic E-state index is 10.9. The van der Waals surface area contributed by atoms with Crippen molar-refractivity contribution in [1.82, 2.24) is 0 Å². The van der Waals surface area contributed by atoms with Crippen LogP contribution in [0.15, 0.2) is 0 Å². The molecule has 0 radical (unpaired) electrons. The van der Waals surface area contributed by atoms with Gasteiger partial charge >= 0.3 is 0 Å². The highest BCUT2D eigenvalue weighted by Gasteiger charge is 2.54. The van der Waals surface area contributed by atoms with Gasteiger partial charge in [0.25, 0.3) is 0 Å². The highest BCUT2D eigenvalue weighted by atomic mass is 16.8. The first-order valence-electron chi connectivity index (χ1n) is 12.3. The molecule has 6 unspecified atom stereocenters. The number of aliphatic hydroxyl groups is 10. The molecule has 224 valence electrons. The van der Waals surface area contributed by atoms with Gasteiger partial charge < -0.3 is 79.5 Å². The van der Waals surface area contributed by atoms with E-state index in [0.717, 1.165) is 0 Å². The second kappa shape index (κ2) is 12.9. The van der Waals surface area contributed by atoms with E-state index in [0.29, 0.717) is 0 Å². The summed E-state index contributed by atoms with van der Waals surface area (Å²) in [6.45, 7) is 2.83. The normalized spacial score (nSPS) is 48.7. The Morgan fingerprint density at radius 3 is 1.47 bits per heavy atom. The van der Waals surface area contributed by atoms with Gasteiger partial charge in [-0.1, -0.05) is 0 Å². The van der Waals surface area contributed by atoms with Crippen LogP contribution in [0.4, 0.5) is 0 Å². The lowest BCUT2D eigenvalue weighted by Gasteiger charge is -2.48. The molecule has 0 bridgehead atoms. The summed E-state index contributed by atoms with van der Waals surface area (Å²) in [6, 6.07) is 0. The lowest BCUT2D eigenvalue weighted by molar-refractivity contribution is -0.383. The van der Waals surface area contributed by atoms with Crippen molar-refractivity contribution in [2.75, 3.05) is 19.8 Å². The molecule has 15 atom stereocenters. The first kappa shape index (κ1) is 31.9. The minimum atomic E-state index is -1.88. The number of hydrogen-bond acceptors (Lipinski definition) is 16. The third kappa shape index (κ3) is 6.80. The zero-order valence-electron chi connectivity index (χ0n) is 21.2. The molecule has 3 aliphatic heterocycles. The molecule has 0 saturated carbocycles. The summed E-state index contributed by atoms with van der Waals surface area (Å²) < 4.78 is 33.0. The van der Waals surface area contributed by atoms with Gasteiger partial charge in [0.15, 0.2) is 18.9 Å². The largest absolute Gasteiger partial charge is 0.394 e. The number of rotatable bonds is 8. The van der Waals surface area contributed by atoms with Crippen LogP contribution in [0.3, 0.4) is 0 Å². The van der Waals surface area contributed by atoms with Crippen LogP contribution < -0.4 is 0 Å². The van der Waals surface area contributed by atoms with Crippen molar-refractivity contribution in [2.45, 2.75) is 118 Å². The van der Waals surface area contributed by atoms with Crippen LogP contribution >= 0.6 is 0 Å². The van der Waals surface area contributed by atoms with E-state index in [1.165, 1.54) is 0 Å². The van der Waals surface area contributed by atoms with Crippen molar-refractivity contribution in [2.24, 2.45) is 0 Å². The van der Waals surface area contributed by atoms with Gasteiger partial charge in [-0.3, -0.25) is 0 Å². The van der Waals surface area contributed by atoms with Crippen LogP contribution in [0, 0.1) is 0 Å². The Morgan fingerprint density at radius 1 is 0.500 bits per heavy atom. The highest BCUT2D eigenvalue weighted by molar-refractivity contribution is 4.96. The molecular weight excluding hydrogens is 520 g/mol. The maximum Gasteiger partial charge on any atom is 0.187 e. The van der Waals surface area contributed by atoms with Gasteiger partial charge in [0, 0.05) is 0 Å². The van der Waals surface area contributed by atoms with Gasteiger partial charge in [-0.05, 0) is 20.8 Å². The van der Waals surface area contributed by atoms with E-state index in [9.17, 15) is 51.1 Å². The van der Waals surface area contributed by atoms with Crippen molar-refractivity contribution < 1.29 is 79.5 Å². The quantitative estimate of drug-likeness (QED) is 0.133. The zero-order chi connectivity index (χ0) is 28.5. The molecule has 3 saturated heterocycles. The van der Waals surface area contributed by atoms with Crippen LogP contribution in [0.2, 0.25) is 0 Å². The van der Waals surface area contributed by atoms with E-state index in [4.69, 9.17) is 28.4 Å². The van der Waals surface area contributed by atoms with Crippen molar-refractivity contribution in [1.29, 1.82) is 0 Å². The molecule has 16 nitrogen and oxygen atoms in total. The first-order valence-corrected chi connectivity index (χ1v) is 12.3. The van der Waals surface area contributed by atoms with Gasteiger partial charge in [0.05, 0.1) is 25.4 Å². The molecular formula is C22H40O16. The minimum absolute atomic E-state index is 0.696. The predicted molar refractivity (Wildman–Crippen MR) is 120 cm³/mol. The molecule has 0 amide bonds. The van der Waals surface area contributed by atoms with Gasteiger partial charge in [0.1, 0.15) is 73.2 Å². The highest BCUT2D eigenvalue weighted by Crippen LogP contribution is 2.33. The Labute approximate surface area is 218 Å². The van der Waals surface area contributed by atoms with Crippen molar-refractivity contribution in [3.63, 3.8) is 0 Å². The monoisotopic (exact) mass is 560 g/mol. The average molecular weight is 561 g/mol. The Kier molecular flexibility index (Phi) is 10.8. The van der Waals surface area contributed by atoms with E-state index < -0.39 is 118 Å². The lowest BCUT2D eigenvalue weighted by atomic mass is 9.96. The molecule has 0 aromatic heterocycles. The van der Waals surface area contributed by atoms with Crippen molar-refractivity contribution in [3.8, 4) is 0 Å². The van der Waals surface area contributed by atoms with E-state index in [-0.39, 0.29) is 0 Å². The fourth-order valence-corrected chi connectivity index (χ4v) is 4.48. The molecule has 0 aliphatic carbocycles. The molecule has 3 aliphatic rings. The summed E-state index contributed by atoms with van der Waals surface area (Å²) in [5.41, 5.74) is -0.777. The summed E-state index contributed by atoms with van der Waals surface area (Å²) >= 11 is 0. The molecule has 0 spiro atoms. The SMILES string of the molecule is CC(C)(C)O[C@@H]1OC(CO)[C@@H](O[C@@H]2OC(CO)[C@H](O)[C@H](O[C@H]3OC(CO)[C@H](O)[C@H](O)C3O)C2O)[C@H](O)C1O. The van der Waals surface area contributed by atoms with E-state index in [1.807, 2.05) is 0 Å². The third-order valence-corrected chi connectivity index (χ3v) is 6.54. The zero-order valence-corrected chi connectivity index (χ0v) is 21.2. The number of ether oxygens (including phenoxy) is 6. The first-order chi connectivity index (χ1) is 17.7. The fourth-order valence-electron chi connectivity index (χ4n) is 4.48. The van der Waals surface area contributed by atoms with Crippen LogP contribution in [-0.4, -0.2) is 169 Å². The summed E-state index contributed by atoms with van der Waals surface area (Å²) in [5, 5.41) is 102. The summed E-state index contributed by atoms with van der Waals surface area (Å²) in [7, 11) is 0. The van der Waals surface area contributed by atoms with Gasteiger partial charge in [-0.25, -0.2) is 0 Å². The molecule has 38 heavy (non-hydrogen) atoms.